The van der Waals surface area contributed by atoms with Crippen LogP contribution in [-0.4, -0.2) is 0 Å². The van der Waals surface area contributed by atoms with E-state index in [-0.39, 0.29) is 5.41 Å². The number of para-hydroxylation sites is 1. The van der Waals surface area contributed by atoms with Crippen LogP contribution >= 0.6 is 0 Å². The summed E-state index contributed by atoms with van der Waals surface area (Å²) in [5.41, 5.74) is 15.1. The van der Waals surface area contributed by atoms with Crippen molar-refractivity contribution in [3.63, 3.8) is 0 Å². The zero-order valence-electron chi connectivity index (χ0n) is 33.9. The first-order valence-corrected chi connectivity index (χ1v) is 21.3. The number of furan rings is 1. The predicted octanol–water partition coefficient (Wildman–Crippen LogP) is 16.7. The van der Waals surface area contributed by atoms with E-state index in [1.165, 1.54) is 82.2 Å². The van der Waals surface area contributed by atoms with Crippen LogP contribution in [0.5, 0.6) is 0 Å². The Morgan fingerprint density at radius 3 is 1.84 bits per heavy atom. The molecule has 1 aliphatic carbocycles. The number of hydrogen-bond donors (Lipinski definition) is 0. The summed E-state index contributed by atoms with van der Waals surface area (Å²) in [7, 11) is 0. The monoisotopic (exact) mass is 777 g/mol. The van der Waals surface area contributed by atoms with Crippen molar-refractivity contribution in [1.82, 2.24) is 0 Å². The van der Waals surface area contributed by atoms with Gasteiger partial charge in [0.2, 0.25) is 0 Å². The van der Waals surface area contributed by atoms with Gasteiger partial charge in [-0.15, -0.1) is 0 Å². The molecule has 0 saturated heterocycles. The van der Waals surface area contributed by atoms with Gasteiger partial charge in [-0.3, -0.25) is 0 Å². The molecule has 0 bridgehead atoms. The van der Waals surface area contributed by atoms with Crippen molar-refractivity contribution in [2.45, 2.75) is 19.3 Å². The fourth-order valence-corrected chi connectivity index (χ4v) is 10.7. The van der Waals surface area contributed by atoms with E-state index in [0.717, 1.165) is 44.4 Å². The minimum absolute atomic E-state index is 0.123. The van der Waals surface area contributed by atoms with Gasteiger partial charge in [0, 0.05) is 27.6 Å². The van der Waals surface area contributed by atoms with Crippen LogP contribution in [0.4, 0.5) is 17.1 Å². The lowest BCUT2D eigenvalue weighted by Crippen LogP contribution is -2.16. The van der Waals surface area contributed by atoms with Crippen molar-refractivity contribution in [3.05, 3.63) is 211 Å². The zero-order chi connectivity index (χ0) is 40.4. The van der Waals surface area contributed by atoms with Crippen LogP contribution < -0.4 is 4.90 Å². The first-order valence-electron chi connectivity index (χ1n) is 21.3. The fraction of sp³-hybridized carbons (Fsp3) is 0.0508. The van der Waals surface area contributed by atoms with Crippen LogP contribution in [0.2, 0.25) is 0 Å². The van der Waals surface area contributed by atoms with Gasteiger partial charge in [-0.25, -0.2) is 0 Å². The number of fused-ring (bicyclic) bond motifs is 8. The van der Waals surface area contributed by atoms with Gasteiger partial charge >= 0.3 is 0 Å². The van der Waals surface area contributed by atoms with Crippen molar-refractivity contribution >= 4 is 82.1 Å². The van der Waals surface area contributed by atoms with Gasteiger partial charge in [0.05, 0.1) is 11.1 Å². The molecule has 2 heteroatoms. The molecule has 1 aliphatic rings. The molecule has 0 N–H and O–H groups in total. The normalized spacial score (nSPS) is 13.2. The maximum atomic E-state index is 6.91. The van der Waals surface area contributed by atoms with E-state index in [0.29, 0.717) is 0 Å². The molecule has 0 amide bonds. The van der Waals surface area contributed by atoms with Gasteiger partial charge in [0.15, 0.2) is 0 Å². The summed E-state index contributed by atoms with van der Waals surface area (Å²) in [5, 5.41) is 12.3. The highest BCUT2D eigenvalue weighted by Crippen LogP contribution is 2.52. The number of hydrogen-bond acceptors (Lipinski definition) is 2. The molecular weight excluding hydrogens is 739 g/mol. The molecule has 12 aromatic rings. The van der Waals surface area contributed by atoms with Gasteiger partial charge < -0.3 is 9.32 Å². The molecule has 0 saturated carbocycles. The Balaban J connectivity index is 0.992. The number of nitrogens with zero attached hydrogens (tertiary/aromatic N) is 1. The van der Waals surface area contributed by atoms with Crippen molar-refractivity contribution in [2.75, 3.05) is 4.90 Å². The molecule has 1 aromatic heterocycles. The molecule has 0 fully saturated rings. The molecule has 0 aliphatic heterocycles. The van der Waals surface area contributed by atoms with Gasteiger partial charge in [0.25, 0.3) is 0 Å². The molecule has 13 rings (SSSR count). The Kier molecular flexibility index (Phi) is 7.10. The van der Waals surface area contributed by atoms with Gasteiger partial charge in [-0.2, -0.15) is 0 Å². The lowest BCUT2D eigenvalue weighted by Gasteiger charge is -2.28. The van der Waals surface area contributed by atoms with Crippen LogP contribution in [0, 0.1) is 0 Å². The summed E-state index contributed by atoms with van der Waals surface area (Å²) in [4.78, 5) is 2.41. The standard InChI is InChI=1S/C59H39NO/c1-59(2)51-19-9-8-17-45(51)46-33-30-42(34-52(46)59)60(41-14-4-3-5-15-41)53-20-11-21-54-57(53)50-35-49(44-16-6-7-18-48(44)58(50)61-54)37-24-22-36(23-25-37)43-31-28-40-27-26-38-12-10-13-39-29-32-47(43)56(40)55(38)39/h3-35H,1-2H3. The summed E-state index contributed by atoms with van der Waals surface area (Å²) >= 11 is 0. The van der Waals surface area contributed by atoms with Gasteiger partial charge in [-0.1, -0.05) is 172 Å². The lowest BCUT2D eigenvalue weighted by molar-refractivity contribution is 0.660. The van der Waals surface area contributed by atoms with E-state index in [1.54, 1.807) is 0 Å². The highest BCUT2D eigenvalue weighted by Gasteiger charge is 2.36. The summed E-state index contributed by atoms with van der Waals surface area (Å²) in [6.45, 7) is 4.70. The Morgan fingerprint density at radius 1 is 0.377 bits per heavy atom. The summed E-state index contributed by atoms with van der Waals surface area (Å²) in [5.74, 6) is 0. The van der Waals surface area contributed by atoms with E-state index < -0.39 is 0 Å². The van der Waals surface area contributed by atoms with E-state index in [4.69, 9.17) is 4.42 Å². The molecule has 61 heavy (non-hydrogen) atoms. The molecular formula is C59H39NO. The van der Waals surface area contributed by atoms with E-state index in [1.807, 2.05) is 0 Å². The Morgan fingerprint density at radius 2 is 1.02 bits per heavy atom. The van der Waals surface area contributed by atoms with Crippen molar-refractivity contribution < 1.29 is 4.42 Å². The van der Waals surface area contributed by atoms with Crippen molar-refractivity contribution in [1.29, 1.82) is 0 Å². The predicted molar refractivity (Wildman–Crippen MR) is 258 cm³/mol. The Hall–Kier alpha value is -7.68. The van der Waals surface area contributed by atoms with Crippen LogP contribution in [0.25, 0.3) is 98.4 Å². The average molecular weight is 778 g/mol. The maximum absolute atomic E-state index is 6.91. The minimum Gasteiger partial charge on any atom is -0.455 e. The second-order valence-corrected chi connectivity index (χ2v) is 17.2. The topological polar surface area (TPSA) is 16.4 Å². The third kappa shape index (κ3) is 4.91. The number of rotatable bonds is 5. The SMILES string of the molecule is CC1(C)c2ccccc2-c2ccc(N(c3ccccc3)c3cccc4oc5c6ccccc6c(-c6ccc(-c7ccc8ccc9cccc%10ccc7c8c9%10)cc6)cc5c34)cc21. The molecule has 0 atom stereocenters. The average Bonchev–Trinajstić information content (AvgIpc) is 3.81. The summed E-state index contributed by atoms with van der Waals surface area (Å²) in [6.07, 6.45) is 0. The van der Waals surface area contributed by atoms with E-state index >= 15 is 0 Å². The largest absolute Gasteiger partial charge is 0.455 e. The molecule has 286 valence electrons. The molecule has 0 radical (unpaired) electrons. The fourth-order valence-electron chi connectivity index (χ4n) is 10.7. The quantitative estimate of drug-likeness (QED) is 0.162. The highest BCUT2D eigenvalue weighted by molar-refractivity contribution is 6.26. The van der Waals surface area contributed by atoms with Crippen LogP contribution in [0.1, 0.15) is 25.0 Å². The zero-order valence-corrected chi connectivity index (χ0v) is 33.9. The van der Waals surface area contributed by atoms with Crippen molar-refractivity contribution in [3.8, 4) is 33.4 Å². The number of anilines is 3. The maximum Gasteiger partial charge on any atom is 0.143 e. The third-order valence-corrected chi connectivity index (χ3v) is 13.6. The molecule has 2 nitrogen and oxygen atoms in total. The molecule has 1 heterocycles. The Labute approximate surface area is 353 Å². The van der Waals surface area contributed by atoms with Gasteiger partial charge in [-0.05, 0) is 125 Å². The van der Waals surface area contributed by atoms with E-state index in [2.05, 4.69) is 219 Å². The van der Waals surface area contributed by atoms with Crippen LogP contribution in [0.15, 0.2) is 205 Å². The van der Waals surface area contributed by atoms with Crippen LogP contribution in [0.3, 0.4) is 0 Å². The van der Waals surface area contributed by atoms with Gasteiger partial charge in [0.1, 0.15) is 11.2 Å². The second kappa shape index (κ2) is 12.7. The summed E-state index contributed by atoms with van der Waals surface area (Å²) < 4.78 is 6.91. The van der Waals surface area contributed by atoms with Crippen molar-refractivity contribution in [2.24, 2.45) is 0 Å². The minimum atomic E-state index is -0.123. The van der Waals surface area contributed by atoms with E-state index in [9.17, 15) is 0 Å². The summed E-state index contributed by atoms with van der Waals surface area (Å²) in [6, 6.07) is 73.6. The number of benzene rings is 11. The second-order valence-electron chi connectivity index (χ2n) is 17.2. The molecule has 11 aromatic carbocycles. The smallest absolute Gasteiger partial charge is 0.143 e. The Bertz CT molecular complexity index is 3710. The first kappa shape index (κ1) is 34.2. The third-order valence-electron chi connectivity index (χ3n) is 13.6. The highest BCUT2D eigenvalue weighted by atomic mass is 16.3. The lowest BCUT2D eigenvalue weighted by atomic mass is 9.82. The van der Waals surface area contributed by atoms with Crippen LogP contribution in [-0.2, 0) is 5.41 Å². The molecule has 0 unspecified atom stereocenters. The molecule has 0 spiro atoms. The first-order chi connectivity index (χ1) is 30.0.